The Morgan fingerprint density at radius 3 is 2.61 bits per heavy atom. The number of carbonyl (C=O) groups excluding carboxylic acids is 2. The van der Waals surface area contributed by atoms with Crippen molar-refractivity contribution >= 4 is 17.6 Å². The lowest BCUT2D eigenvalue weighted by Crippen LogP contribution is -2.49. The van der Waals surface area contributed by atoms with Crippen LogP contribution in [0, 0.1) is 12.7 Å². The monoisotopic (exact) mass is 314 g/mol. The van der Waals surface area contributed by atoms with E-state index in [1.807, 2.05) is 6.92 Å². The Morgan fingerprint density at radius 2 is 1.91 bits per heavy atom. The number of nitrogens with zero attached hydrogens (tertiary/aromatic N) is 1. The van der Waals surface area contributed by atoms with Gasteiger partial charge in [0.1, 0.15) is 17.3 Å². The van der Waals surface area contributed by atoms with Gasteiger partial charge in [-0.25, -0.2) is 9.18 Å². The van der Waals surface area contributed by atoms with Crippen molar-refractivity contribution in [1.82, 2.24) is 5.32 Å². The molecule has 1 aliphatic rings. The second-order valence-electron chi connectivity index (χ2n) is 5.26. The van der Waals surface area contributed by atoms with Gasteiger partial charge >= 0.3 is 6.03 Å². The summed E-state index contributed by atoms with van der Waals surface area (Å²) in [5.74, 6) is 0.310. The van der Waals surface area contributed by atoms with Gasteiger partial charge in [0.25, 0.3) is 0 Å². The molecule has 0 bridgehead atoms. The Bertz CT molecular complexity index is 776. The van der Waals surface area contributed by atoms with Gasteiger partial charge in [0, 0.05) is 24.7 Å². The minimum atomic E-state index is -0.428. The molecule has 1 N–H and O–H groups in total. The van der Waals surface area contributed by atoms with Crippen LogP contribution in [0.25, 0.3) is 0 Å². The number of aryl methyl sites for hydroxylation is 1. The average Bonchev–Trinajstić information content (AvgIpc) is 2.48. The first-order valence-corrected chi connectivity index (χ1v) is 7.18. The molecule has 1 saturated heterocycles. The number of benzene rings is 2. The summed E-state index contributed by atoms with van der Waals surface area (Å²) in [7, 11) is 0. The fourth-order valence-electron chi connectivity index (χ4n) is 2.45. The first-order chi connectivity index (χ1) is 11.0. The molecule has 0 aliphatic carbocycles. The van der Waals surface area contributed by atoms with Crippen molar-refractivity contribution < 1.29 is 18.7 Å². The van der Waals surface area contributed by atoms with E-state index in [0.717, 1.165) is 5.56 Å². The quantitative estimate of drug-likeness (QED) is 0.945. The van der Waals surface area contributed by atoms with E-state index >= 15 is 0 Å². The minimum Gasteiger partial charge on any atom is -0.457 e. The molecule has 1 fully saturated rings. The topological polar surface area (TPSA) is 58.6 Å². The second-order valence-corrected chi connectivity index (χ2v) is 5.26. The number of anilines is 1. The molecular formula is C17H15FN2O3. The SMILES string of the molecule is Cc1cc(Oc2cccc(F)c2)ccc1N1CCC(=O)NC1=O. The van der Waals surface area contributed by atoms with E-state index in [0.29, 0.717) is 23.7 Å². The van der Waals surface area contributed by atoms with E-state index < -0.39 is 6.03 Å². The lowest BCUT2D eigenvalue weighted by Gasteiger charge is -2.28. The van der Waals surface area contributed by atoms with Crippen LogP contribution < -0.4 is 15.0 Å². The van der Waals surface area contributed by atoms with Gasteiger partial charge in [-0.05, 0) is 42.8 Å². The molecule has 1 aliphatic heterocycles. The van der Waals surface area contributed by atoms with Crippen molar-refractivity contribution in [2.24, 2.45) is 0 Å². The van der Waals surface area contributed by atoms with Gasteiger partial charge in [0.2, 0.25) is 5.91 Å². The highest BCUT2D eigenvalue weighted by molar-refractivity contribution is 6.05. The minimum absolute atomic E-state index is 0.269. The van der Waals surface area contributed by atoms with Crippen molar-refractivity contribution in [1.29, 1.82) is 0 Å². The third-order valence-electron chi connectivity index (χ3n) is 3.54. The summed E-state index contributed by atoms with van der Waals surface area (Å²) >= 11 is 0. The van der Waals surface area contributed by atoms with Crippen LogP contribution in [0.5, 0.6) is 11.5 Å². The summed E-state index contributed by atoms with van der Waals surface area (Å²) in [6, 6.07) is 10.7. The zero-order valence-electron chi connectivity index (χ0n) is 12.5. The Balaban J connectivity index is 1.81. The number of imide groups is 1. The summed E-state index contributed by atoms with van der Waals surface area (Å²) < 4.78 is 18.8. The van der Waals surface area contributed by atoms with Crippen LogP contribution in [0.15, 0.2) is 42.5 Å². The molecule has 6 heteroatoms. The number of ether oxygens (including phenoxy) is 1. The summed E-state index contributed by atoms with van der Waals surface area (Å²) in [5, 5.41) is 2.29. The number of hydrogen-bond acceptors (Lipinski definition) is 3. The van der Waals surface area contributed by atoms with E-state index in [9.17, 15) is 14.0 Å². The van der Waals surface area contributed by atoms with Gasteiger partial charge < -0.3 is 4.74 Å². The first kappa shape index (κ1) is 15.0. The highest BCUT2D eigenvalue weighted by atomic mass is 19.1. The van der Waals surface area contributed by atoms with Crippen molar-refractivity contribution in [3.8, 4) is 11.5 Å². The standard InChI is InChI=1S/C17H15FN2O3/c1-11-9-14(23-13-4-2-3-12(18)10-13)5-6-15(11)20-8-7-16(21)19-17(20)22/h2-6,9-10H,7-8H2,1H3,(H,19,21,22). The highest BCUT2D eigenvalue weighted by Crippen LogP contribution is 2.29. The van der Waals surface area contributed by atoms with Crippen molar-refractivity contribution in [2.75, 3.05) is 11.4 Å². The molecule has 0 atom stereocenters. The number of hydrogen-bond donors (Lipinski definition) is 1. The van der Waals surface area contributed by atoms with E-state index in [1.54, 1.807) is 30.3 Å². The van der Waals surface area contributed by atoms with Gasteiger partial charge in [-0.15, -0.1) is 0 Å². The molecule has 5 nitrogen and oxygen atoms in total. The van der Waals surface area contributed by atoms with Gasteiger partial charge in [0.15, 0.2) is 0 Å². The van der Waals surface area contributed by atoms with Crippen LogP contribution in [-0.2, 0) is 4.79 Å². The normalized spacial score (nSPS) is 14.6. The first-order valence-electron chi connectivity index (χ1n) is 7.18. The second kappa shape index (κ2) is 6.08. The van der Waals surface area contributed by atoms with Crippen LogP contribution in [-0.4, -0.2) is 18.5 Å². The van der Waals surface area contributed by atoms with Crippen LogP contribution in [0.1, 0.15) is 12.0 Å². The number of nitrogens with one attached hydrogen (secondary N) is 1. The number of carbonyl (C=O) groups is 2. The largest absolute Gasteiger partial charge is 0.457 e. The number of rotatable bonds is 3. The molecule has 23 heavy (non-hydrogen) atoms. The Labute approximate surface area is 132 Å². The number of amides is 3. The average molecular weight is 314 g/mol. The summed E-state index contributed by atoms with van der Waals surface area (Å²) in [4.78, 5) is 24.6. The lowest BCUT2D eigenvalue weighted by atomic mass is 10.1. The molecule has 118 valence electrons. The van der Waals surface area contributed by atoms with Gasteiger partial charge in [-0.2, -0.15) is 0 Å². The Morgan fingerprint density at radius 1 is 1.13 bits per heavy atom. The lowest BCUT2D eigenvalue weighted by molar-refractivity contribution is -0.120. The van der Waals surface area contributed by atoms with Crippen molar-refractivity contribution in [3.63, 3.8) is 0 Å². The third-order valence-corrected chi connectivity index (χ3v) is 3.54. The molecule has 0 saturated carbocycles. The fourth-order valence-corrected chi connectivity index (χ4v) is 2.45. The van der Waals surface area contributed by atoms with E-state index in [2.05, 4.69) is 5.32 Å². The zero-order chi connectivity index (χ0) is 16.4. The summed E-state index contributed by atoms with van der Waals surface area (Å²) in [6.45, 7) is 2.19. The fraction of sp³-hybridized carbons (Fsp3) is 0.176. The molecule has 1 heterocycles. The van der Waals surface area contributed by atoms with E-state index in [-0.39, 0.29) is 18.1 Å². The smallest absolute Gasteiger partial charge is 0.328 e. The maximum Gasteiger partial charge on any atom is 0.328 e. The maximum atomic E-state index is 13.2. The van der Waals surface area contributed by atoms with Gasteiger partial charge in [0.05, 0.1) is 0 Å². The Kier molecular flexibility index (Phi) is 3.97. The summed E-state index contributed by atoms with van der Waals surface area (Å²) in [5.41, 5.74) is 1.53. The third kappa shape index (κ3) is 3.31. The van der Waals surface area contributed by atoms with Crippen LogP contribution in [0.3, 0.4) is 0 Å². The van der Waals surface area contributed by atoms with E-state index in [4.69, 9.17) is 4.74 Å². The predicted octanol–water partition coefficient (Wildman–Crippen LogP) is 3.37. The van der Waals surface area contributed by atoms with Crippen LogP contribution in [0.2, 0.25) is 0 Å². The van der Waals surface area contributed by atoms with Crippen molar-refractivity contribution in [2.45, 2.75) is 13.3 Å². The number of halogens is 1. The van der Waals surface area contributed by atoms with Gasteiger partial charge in [-0.1, -0.05) is 6.07 Å². The molecule has 0 spiro atoms. The summed E-state index contributed by atoms with van der Waals surface area (Å²) in [6.07, 6.45) is 0.271. The van der Waals surface area contributed by atoms with Crippen LogP contribution >= 0.6 is 0 Å². The van der Waals surface area contributed by atoms with Gasteiger partial charge in [-0.3, -0.25) is 15.0 Å². The molecular weight excluding hydrogens is 299 g/mol. The van der Waals surface area contributed by atoms with E-state index in [1.165, 1.54) is 17.0 Å². The molecule has 0 aromatic heterocycles. The molecule has 3 rings (SSSR count). The van der Waals surface area contributed by atoms with Crippen molar-refractivity contribution in [3.05, 3.63) is 53.8 Å². The molecule has 0 unspecified atom stereocenters. The maximum absolute atomic E-state index is 13.2. The number of urea groups is 1. The predicted molar refractivity (Wildman–Crippen MR) is 83.2 cm³/mol. The Hall–Kier alpha value is -2.89. The molecule has 3 amide bonds. The molecule has 2 aromatic carbocycles. The zero-order valence-corrected chi connectivity index (χ0v) is 12.5. The highest BCUT2D eigenvalue weighted by Gasteiger charge is 2.25. The molecule has 0 radical (unpaired) electrons. The van der Waals surface area contributed by atoms with Crippen LogP contribution in [0.4, 0.5) is 14.9 Å². The molecule has 2 aromatic rings.